The number of urea groups is 1. The third kappa shape index (κ3) is 4.42. The fraction of sp³-hybridized carbons (Fsp3) is 0.615. The van der Waals surface area contributed by atoms with Crippen LogP contribution in [0.2, 0.25) is 0 Å². The molecule has 0 saturated carbocycles. The topological polar surface area (TPSA) is 95.7 Å². The van der Waals surface area contributed by atoms with E-state index in [2.05, 4.69) is 10.2 Å². The fourth-order valence-electron chi connectivity index (χ4n) is 2.55. The van der Waals surface area contributed by atoms with Gasteiger partial charge < -0.3 is 10.2 Å². The maximum Gasteiger partial charge on any atom is 0.317 e. The number of rotatable bonds is 4. The summed E-state index contributed by atoms with van der Waals surface area (Å²) in [7, 11) is -0.253. The molecule has 7 nitrogen and oxygen atoms in total. The van der Waals surface area contributed by atoms with Crippen LogP contribution < -0.4 is 10.5 Å². The molecule has 1 unspecified atom stereocenters. The van der Waals surface area contributed by atoms with Gasteiger partial charge in [0.25, 0.3) is 0 Å². The smallest absolute Gasteiger partial charge is 0.317 e. The Morgan fingerprint density at radius 1 is 1.55 bits per heavy atom. The van der Waals surface area contributed by atoms with E-state index in [0.29, 0.717) is 13.1 Å². The number of hydrogen-bond donors (Lipinski definition) is 2. The predicted octanol–water partition coefficient (Wildman–Crippen LogP) is 0.631. The van der Waals surface area contributed by atoms with Gasteiger partial charge in [0.05, 0.1) is 0 Å². The Morgan fingerprint density at radius 3 is 2.91 bits per heavy atom. The summed E-state index contributed by atoms with van der Waals surface area (Å²) in [5, 5.41) is 9.95. The Hall–Kier alpha value is -1.16. The van der Waals surface area contributed by atoms with Gasteiger partial charge in [0.2, 0.25) is 10.0 Å². The molecule has 2 rings (SSSR count). The van der Waals surface area contributed by atoms with Crippen molar-refractivity contribution in [2.75, 3.05) is 27.2 Å². The molecule has 9 heteroatoms. The Morgan fingerprint density at radius 2 is 2.27 bits per heavy atom. The van der Waals surface area contributed by atoms with E-state index in [1.54, 1.807) is 25.5 Å². The van der Waals surface area contributed by atoms with Crippen LogP contribution in [0.15, 0.2) is 15.7 Å². The summed E-state index contributed by atoms with van der Waals surface area (Å²) in [5.41, 5.74) is 0.729. The van der Waals surface area contributed by atoms with E-state index < -0.39 is 10.0 Å². The summed E-state index contributed by atoms with van der Waals surface area (Å²) in [4.78, 5) is 15.4. The number of nitrogens with two attached hydrogens (primary N) is 1. The van der Waals surface area contributed by atoms with Crippen molar-refractivity contribution in [2.45, 2.75) is 29.6 Å². The van der Waals surface area contributed by atoms with E-state index in [4.69, 9.17) is 5.14 Å². The average Bonchev–Trinajstić information content (AvgIpc) is 2.87. The second-order valence-electron chi connectivity index (χ2n) is 5.70. The van der Waals surface area contributed by atoms with Crippen LogP contribution in [0.25, 0.3) is 0 Å². The molecular formula is C13H22N4O3S2. The Labute approximate surface area is 135 Å². The SMILES string of the molecule is CN(C)C(=O)NC1CCCN(Cc2ccsc2S(N)(=O)=O)C1. The minimum atomic E-state index is -3.67. The van der Waals surface area contributed by atoms with Gasteiger partial charge in [-0.25, -0.2) is 18.4 Å². The first-order valence-electron chi connectivity index (χ1n) is 7.06. The number of piperidine rings is 1. The van der Waals surface area contributed by atoms with Crippen molar-refractivity contribution in [3.8, 4) is 0 Å². The van der Waals surface area contributed by atoms with Crippen LogP contribution in [0.4, 0.5) is 4.79 Å². The van der Waals surface area contributed by atoms with Crippen molar-refractivity contribution in [1.29, 1.82) is 0 Å². The lowest BCUT2D eigenvalue weighted by atomic mass is 10.1. The Kier molecular flexibility index (Phi) is 5.43. The molecule has 1 saturated heterocycles. The molecule has 3 N–H and O–H groups in total. The average molecular weight is 346 g/mol. The van der Waals surface area contributed by atoms with Crippen LogP contribution >= 0.6 is 11.3 Å². The number of hydrogen-bond acceptors (Lipinski definition) is 5. The van der Waals surface area contributed by atoms with Crippen LogP contribution in [0, 0.1) is 0 Å². The molecule has 0 bridgehead atoms. The van der Waals surface area contributed by atoms with Gasteiger partial charge in [-0.15, -0.1) is 11.3 Å². The molecule has 124 valence electrons. The molecule has 0 aromatic carbocycles. The number of primary sulfonamides is 1. The quantitative estimate of drug-likeness (QED) is 0.836. The van der Waals surface area contributed by atoms with Gasteiger partial charge >= 0.3 is 6.03 Å². The molecule has 1 aromatic rings. The van der Waals surface area contributed by atoms with Crippen molar-refractivity contribution < 1.29 is 13.2 Å². The summed E-state index contributed by atoms with van der Waals surface area (Å²) >= 11 is 1.14. The lowest BCUT2D eigenvalue weighted by molar-refractivity contribution is 0.171. The van der Waals surface area contributed by atoms with Gasteiger partial charge in [-0.2, -0.15) is 0 Å². The summed E-state index contributed by atoms with van der Waals surface area (Å²) in [5.74, 6) is 0. The second kappa shape index (κ2) is 6.95. The highest BCUT2D eigenvalue weighted by atomic mass is 32.2. The van der Waals surface area contributed by atoms with Crippen molar-refractivity contribution >= 4 is 27.4 Å². The standard InChI is InChI=1S/C13H22N4O3S2/c1-16(2)13(18)15-11-4-3-6-17(9-11)8-10-5-7-21-12(10)22(14,19)20/h5,7,11H,3-4,6,8-9H2,1-2H3,(H,15,18)(H2,14,19,20). The van der Waals surface area contributed by atoms with Crippen molar-refractivity contribution in [3.63, 3.8) is 0 Å². The van der Waals surface area contributed by atoms with Gasteiger partial charge in [-0.1, -0.05) is 0 Å². The lowest BCUT2D eigenvalue weighted by Gasteiger charge is -2.33. The third-order valence-corrected chi connectivity index (χ3v) is 6.11. The Balaban J connectivity index is 1.99. The van der Waals surface area contributed by atoms with Gasteiger partial charge in [0.15, 0.2) is 0 Å². The molecule has 0 aliphatic carbocycles. The molecule has 0 radical (unpaired) electrons. The highest BCUT2D eigenvalue weighted by molar-refractivity contribution is 7.91. The molecule has 22 heavy (non-hydrogen) atoms. The van der Waals surface area contributed by atoms with Crippen molar-refractivity contribution in [1.82, 2.24) is 15.1 Å². The van der Waals surface area contributed by atoms with E-state index >= 15 is 0 Å². The first kappa shape index (κ1) is 17.2. The number of likely N-dealkylation sites (tertiary alicyclic amines) is 1. The predicted molar refractivity (Wildman–Crippen MR) is 86.2 cm³/mol. The molecule has 0 spiro atoms. The number of nitrogens with zero attached hydrogens (tertiary/aromatic N) is 2. The number of nitrogens with one attached hydrogen (secondary N) is 1. The molecular weight excluding hydrogens is 324 g/mol. The number of amides is 2. The van der Waals surface area contributed by atoms with E-state index in [0.717, 1.165) is 36.3 Å². The molecule has 2 heterocycles. The first-order valence-corrected chi connectivity index (χ1v) is 9.49. The number of thiophene rings is 1. The van der Waals surface area contributed by atoms with Crippen LogP contribution in [0.1, 0.15) is 18.4 Å². The maximum absolute atomic E-state index is 11.7. The van der Waals surface area contributed by atoms with Gasteiger partial charge in [-0.05, 0) is 36.4 Å². The zero-order chi connectivity index (χ0) is 16.3. The van der Waals surface area contributed by atoms with Crippen molar-refractivity contribution in [3.05, 3.63) is 17.0 Å². The summed E-state index contributed by atoms with van der Waals surface area (Å²) in [6.07, 6.45) is 1.90. The Bertz CT molecular complexity index is 627. The highest BCUT2D eigenvalue weighted by Gasteiger charge is 2.24. The molecule has 2 amide bonds. The number of sulfonamides is 1. The zero-order valence-corrected chi connectivity index (χ0v) is 14.4. The summed E-state index contributed by atoms with van der Waals surface area (Å²) < 4.78 is 23.3. The molecule has 1 aliphatic heterocycles. The van der Waals surface area contributed by atoms with Gasteiger partial charge in [-0.3, -0.25) is 4.90 Å². The normalized spacial score (nSPS) is 19.9. The second-order valence-corrected chi connectivity index (χ2v) is 8.37. The zero-order valence-electron chi connectivity index (χ0n) is 12.8. The summed E-state index contributed by atoms with van der Waals surface area (Å²) in [6.45, 7) is 2.12. The van der Waals surface area contributed by atoms with Gasteiger partial charge in [0.1, 0.15) is 4.21 Å². The fourth-order valence-corrected chi connectivity index (χ4v) is 4.39. The van der Waals surface area contributed by atoms with Crippen LogP contribution in [0.5, 0.6) is 0 Å². The van der Waals surface area contributed by atoms with E-state index in [1.165, 1.54) is 4.90 Å². The van der Waals surface area contributed by atoms with E-state index in [1.807, 2.05) is 0 Å². The molecule has 1 atom stereocenters. The maximum atomic E-state index is 11.7. The molecule has 1 fully saturated rings. The highest BCUT2D eigenvalue weighted by Crippen LogP contribution is 2.24. The van der Waals surface area contributed by atoms with Crippen LogP contribution in [-0.4, -0.2) is 57.5 Å². The van der Waals surface area contributed by atoms with E-state index in [-0.39, 0.29) is 16.3 Å². The first-order chi connectivity index (χ1) is 10.3. The van der Waals surface area contributed by atoms with Gasteiger partial charge in [0, 0.05) is 33.2 Å². The van der Waals surface area contributed by atoms with Crippen LogP contribution in [-0.2, 0) is 16.6 Å². The minimum absolute atomic E-state index is 0.0835. The van der Waals surface area contributed by atoms with Crippen molar-refractivity contribution in [2.24, 2.45) is 5.14 Å². The van der Waals surface area contributed by atoms with E-state index in [9.17, 15) is 13.2 Å². The number of carbonyl (C=O) groups is 1. The molecule has 1 aliphatic rings. The molecule has 1 aromatic heterocycles. The number of carbonyl (C=O) groups excluding carboxylic acids is 1. The largest absolute Gasteiger partial charge is 0.334 e. The minimum Gasteiger partial charge on any atom is -0.334 e. The monoisotopic (exact) mass is 346 g/mol. The lowest BCUT2D eigenvalue weighted by Crippen LogP contribution is -2.49. The third-order valence-electron chi connectivity index (χ3n) is 3.60. The summed E-state index contributed by atoms with van der Waals surface area (Å²) in [6, 6.07) is 1.78. The van der Waals surface area contributed by atoms with Crippen LogP contribution in [0.3, 0.4) is 0 Å².